The van der Waals surface area contributed by atoms with E-state index in [1.54, 1.807) is 4.90 Å². The Bertz CT molecular complexity index is 816. The van der Waals surface area contributed by atoms with E-state index >= 15 is 0 Å². The molecule has 6 heteroatoms. The molecular weight excluding hydrogens is 358 g/mol. The van der Waals surface area contributed by atoms with Crippen LogP contribution in [-0.2, 0) is 22.6 Å². The van der Waals surface area contributed by atoms with Crippen molar-refractivity contribution in [3.05, 3.63) is 47.0 Å². The summed E-state index contributed by atoms with van der Waals surface area (Å²) in [5.41, 5.74) is 1.92. The number of rotatable bonds is 7. The van der Waals surface area contributed by atoms with Crippen LogP contribution >= 0.6 is 11.3 Å². The molecule has 27 heavy (non-hydrogen) atoms. The summed E-state index contributed by atoms with van der Waals surface area (Å²) in [5.74, 6) is 0.865. The van der Waals surface area contributed by atoms with Crippen molar-refractivity contribution in [3.8, 4) is 0 Å². The van der Waals surface area contributed by atoms with Gasteiger partial charge in [-0.1, -0.05) is 30.3 Å². The lowest BCUT2D eigenvalue weighted by Crippen LogP contribution is -2.40. The van der Waals surface area contributed by atoms with Crippen LogP contribution in [0.15, 0.2) is 35.7 Å². The summed E-state index contributed by atoms with van der Waals surface area (Å²) in [6, 6.07) is 10.4. The van der Waals surface area contributed by atoms with Gasteiger partial charge in [-0.15, -0.1) is 11.3 Å². The number of hydrogen-bond donors (Lipinski definition) is 0. The summed E-state index contributed by atoms with van der Waals surface area (Å²) >= 11 is 1.46. The molecule has 2 fully saturated rings. The SMILES string of the molecule is CC(C1CC1)N(Cc1ccccc1)C(=O)Cc1csc(N2CCCC2=O)n1. The van der Waals surface area contributed by atoms with Gasteiger partial charge in [-0.3, -0.25) is 14.5 Å². The minimum atomic E-state index is 0.114. The predicted molar refractivity (Wildman–Crippen MR) is 107 cm³/mol. The molecule has 2 amide bonds. The van der Waals surface area contributed by atoms with Gasteiger partial charge in [0.25, 0.3) is 0 Å². The number of carbonyl (C=O) groups is 2. The number of amides is 2. The number of anilines is 1. The fourth-order valence-electron chi connectivity index (χ4n) is 3.68. The molecule has 1 aliphatic heterocycles. The largest absolute Gasteiger partial charge is 0.335 e. The summed E-state index contributed by atoms with van der Waals surface area (Å²) in [5, 5.41) is 2.64. The van der Waals surface area contributed by atoms with Gasteiger partial charge in [-0.05, 0) is 37.7 Å². The lowest BCUT2D eigenvalue weighted by atomic mass is 10.1. The molecule has 0 N–H and O–H groups in total. The molecule has 2 heterocycles. The Balaban J connectivity index is 1.46. The molecule has 1 aliphatic carbocycles. The maximum atomic E-state index is 13.1. The van der Waals surface area contributed by atoms with E-state index in [4.69, 9.17) is 0 Å². The molecule has 1 unspecified atom stereocenters. The second kappa shape index (κ2) is 7.80. The normalized spacial score (nSPS) is 18.0. The first kappa shape index (κ1) is 18.2. The van der Waals surface area contributed by atoms with Gasteiger partial charge in [0.15, 0.2) is 5.13 Å². The minimum Gasteiger partial charge on any atom is -0.335 e. The zero-order valence-electron chi connectivity index (χ0n) is 15.6. The fraction of sp³-hybridized carbons (Fsp3) is 0.476. The molecule has 2 aromatic rings. The van der Waals surface area contributed by atoms with Crippen molar-refractivity contribution in [2.24, 2.45) is 5.92 Å². The van der Waals surface area contributed by atoms with Crippen molar-refractivity contribution in [2.45, 2.75) is 51.6 Å². The van der Waals surface area contributed by atoms with E-state index in [9.17, 15) is 9.59 Å². The molecule has 0 spiro atoms. The molecule has 1 saturated carbocycles. The summed E-state index contributed by atoms with van der Waals surface area (Å²) in [7, 11) is 0. The van der Waals surface area contributed by atoms with Crippen LogP contribution < -0.4 is 4.90 Å². The van der Waals surface area contributed by atoms with Crippen LogP contribution in [0, 0.1) is 5.92 Å². The molecule has 5 nitrogen and oxygen atoms in total. The van der Waals surface area contributed by atoms with Crippen LogP contribution in [0.3, 0.4) is 0 Å². The molecule has 1 atom stereocenters. The van der Waals surface area contributed by atoms with Gasteiger partial charge >= 0.3 is 0 Å². The molecule has 4 rings (SSSR count). The Morgan fingerprint density at radius 2 is 2.11 bits per heavy atom. The van der Waals surface area contributed by atoms with Crippen LogP contribution in [0.5, 0.6) is 0 Å². The quantitative estimate of drug-likeness (QED) is 0.733. The second-order valence-corrected chi connectivity index (χ2v) is 8.37. The van der Waals surface area contributed by atoms with Crippen LogP contribution in [0.4, 0.5) is 5.13 Å². The first-order valence-corrected chi connectivity index (χ1v) is 10.6. The lowest BCUT2D eigenvalue weighted by molar-refractivity contribution is -0.133. The highest BCUT2D eigenvalue weighted by molar-refractivity contribution is 7.14. The summed E-state index contributed by atoms with van der Waals surface area (Å²) in [6.45, 7) is 3.53. The van der Waals surface area contributed by atoms with Crippen LogP contribution in [-0.4, -0.2) is 34.3 Å². The van der Waals surface area contributed by atoms with Crippen LogP contribution in [0.2, 0.25) is 0 Å². The first-order valence-electron chi connectivity index (χ1n) is 9.70. The Hall–Kier alpha value is -2.21. The highest BCUT2D eigenvalue weighted by atomic mass is 32.1. The number of aromatic nitrogens is 1. The van der Waals surface area contributed by atoms with E-state index in [2.05, 4.69) is 24.0 Å². The Morgan fingerprint density at radius 3 is 2.78 bits per heavy atom. The van der Waals surface area contributed by atoms with Crippen molar-refractivity contribution in [2.75, 3.05) is 11.4 Å². The molecule has 1 saturated heterocycles. The molecule has 0 radical (unpaired) electrons. The van der Waals surface area contributed by atoms with E-state index in [0.29, 0.717) is 25.3 Å². The number of benzene rings is 1. The summed E-state index contributed by atoms with van der Waals surface area (Å²) < 4.78 is 0. The number of thiazole rings is 1. The van der Waals surface area contributed by atoms with Crippen molar-refractivity contribution >= 4 is 28.3 Å². The average molecular weight is 384 g/mol. The van der Waals surface area contributed by atoms with E-state index in [0.717, 1.165) is 29.4 Å². The monoisotopic (exact) mass is 383 g/mol. The van der Waals surface area contributed by atoms with Crippen LogP contribution in [0.1, 0.15) is 43.9 Å². The van der Waals surface area contributed by atoms with Crippen molar-refractivity contribution in [3.63, 3.8) is 0 Å². The van der Waals surface area contributed by atoms with Gasteiger partial charge in [0.1, 0.15) is 0 Å². The third-order valence-corrected chi connectivity index (χ3v) is 6.40. The van der Waals surface area contributed by atoms with Crippen molar-refractivity contribution in [1.82, 2.24) is 9.88 Å². The van der Waals surface area contributed by atoms with Gasteiger partial charge in [0.2, 0.25) is 11.8 Å². The third kappa shape index (κ3) is 4.21. The Labute approximate surface area is 164 Å². The molecule has 1 aromatic carbocycles. The van der Waals surface area contributed by atoms with E-state index in [1.165, 1.54) is 24.2 Å². The van der Waals surface area contributed by atoms with Gasteiger partial charge in [-0.25, -0.2) is 4.98 Å². The predicted octanol–water partition coefficient (Wildman–Crippen LogP) is 3.64. The molecule has 142 valence electrons. The first-order chi connectivity index (χ1) is 13.1. The lowest BCUT2D eigenvalue weighted by Gasteiger charge is -2.29. The highest BCUT2D eigenvalue weighted by Crippen LogP contribution is 2.36. The number of carbonyl (C=O) groups excluding carboxylic acids is 2. The molecule has 2 aliphatic rings. The maximum Gasteiger partial charge on any atom is 0.229 e. The summed E-state index contributed by atoms with van der Waals surface area (Å²) in [4.78, 5) is 33.3. The van der Waals surface area contributed by atoms with Gasteiger partial charge in [0.05, 0.1) is 12.1 Å². The maximum absolute atomic E-state index is 13.1. The second-order valence-electron chi connectivity index (χ2n) is 7.53. The zero-order valence-corrected chi connectivity index (χ0v) is 16.5. The highest BCUT2D eigenvalue weighted by Gasteiger charge is 2.34. The van der Waals surface area contributed by atoms with E-state index in [-0.39, 0.29) is 17.9 Å². The molecular formula is C21H25N3O2S. The van der Waals surface area contributed by atoms with Gasteiger partial charge < -0.3 is 4.90 Å². The van der Waals surface area contributed by atoms with E-state index in [1.807, 2.05) is 28.5 Å². The summed E-state index contributed by atoms with van der Waals surface area (Å²) in [6.07, 6.45) is 4.19. The standard InChI is InChI=1S/C21H25N3O2S/c1-15(17-9-10-17)24(13-16-6-3-2-4-7-16)20(26)12-18-14-27-21(22-18)23-11-5-8-19(23)25/h2-4,6-7,14-15,17H,5,8-13H2,1H3. The van der Waals surface area contributed by atoms with Gasteiger partial charge in [-0.2, -0.15) is 0 Å². The Kier molecular flexibility index (Phi) is 5.25. The number of hydrogen-bond acceptors (Lipinski definition) is 4. The minimum absolute atomic E-state index is 0.114. The third-order valence-electron chi connectivity index (χ3n) is 5.49. The van der Waals surface area contributed by atoms with Crippen LogP contribution in [0.25, 0.3) is 0 Å². The topological polar surface area (TPSA) is 53.5 Å². The molecule has 0 bridgehead atoms. The zero-order chi connectivity index (χ0) is 18.8. The Morgan fingerprint density at radius 1 is 1.33 bits per heavy atom. The number of nitrogens with zero attached hydrogens (tertiary/aromatic N) is 3. The smallest absolute Gasteiger partial charge is 0.229 e. The fourth-order valence-corrected chi connectivity index (χ4v) is 4.55. The average Bonchev–Trinajstić information content (AvgIpc) is 3.29. The molecule has 1 aromatic heterocycles. The van der Waals surface area contributed by atoms with Crippen molar-refractivity contribution in [1.29, 1.82) is 0 Å². The van der Waals surface area contributed by atoms with Gasteiger partial charge in [0, 0.05) is 30.9 Å². The van der Waals surface area contributed by atoms with Crippen molar-refractivity contribution < 1.29 is 9.59 Å². The van der Waals surface area contributed by atoms with E-state index < -0.39 is 0 Å².